The Hall–Kier alpha value is -1.14. The van der Waals surface area contributed by atoms with Gasteiger partial charge in [0.2, 0.25) is 5.88 Å². The fourth-order valence-corrected chi connectivity index (χ4v) is 0.859. The summed E-state index contributed by atoms with van der Waals surface area (Å²) < 4.78 is 17.8. The number of nitrogens with zero attached hydrogens (tertiary/aromatic N) is 1. The van der Waals surface area contributed by atoms with Crippen LogP contribution in [0.15, 0.2) is 12.3 Å². The second kappa shape index (κ2) is 4.20. The SMILES string of the molecule is CCOc1cc(B(O)O)c(F)cn1. The van der Waals surface area contributed by atoms with Crippen molar-refractivity contribution in [3.8, 4) is 5.88 Å². The summed E-state index contributed by atoms with van der Waals surface area (Å²) in [5.74, 6) is -0.592. The molecule has 0 aliphatic rings. The molecule has 1 rings (SSSR count). The first-order valence-electron chi connectivity index (χ1n) is 3.79. The number of pyridine rings is 1. The summed E-state index contributed by atoms with van der Waals surface area (Å²) in [4.78, 5) is 3.59. The topological polar surface area (TPSA) is 62.6 Å². The highest BCUT2D eigenvalue weighted by Crippen LogP contribution is 2.04. The summed E-state index contributed by atoms with van der Waals surface area (Å²) in [7, 11) is -1.85. The number of hydrogen-bond acceptors (Lipinski definition) is 4. The molecule has 0 spiro atoms. The van der Waals surface area contributed by atoms with Crippen LogP contribution in [0.5, 0.6) is 5.88 Å². The molecule has 0 amide bonds. The first-order chi connectivity index (χ1) is 6.15. The van der Waals surface area contributed by atoms with Crippen molar-refractivity contribution in [1.82, 2.24) is 4.98 Å². The van der Waals surface area contributed by atoms with Gasteiger partial charge in [0.05, 0.1) is 12.8 Å². The molecular weight excluding hydrogens is 176 g/mol. The minimum atomic E-state index is -1.85. The molecule has 0 atom stereocenters. The molecule has 0 saturated carbocycles. The lowest BCUT2D eigenvalue weighted by Crippen LogP contribution is -2.33. The Morgan fingerprint density at radius 2 is 2.31 bits per heavy atom. The van der Waals surface area contributed by atoms with Gasteiger partial charge in [0.25, 0.3) is 0 Å². The lowest BCUT2D eigenvalue weighted by Gasteiger charge is -2.04. The zero-order chi connectivity index (χ0) is 9.84. The van der Waals surface area contributed by atoms with Crippen molar-refractivity contribution in [1.29, 1.82) is 0 Å². The number of aromatic nitrogens is 1. The minimum absolute atomic E-state index is 0.173. The highest BCUT2D eigenvalue weighted by Gasteiger charge is 2.17. The van der Waals surface area contributed by atoms with Crippen molar-refractivity contribution >= 4 is 12.6 Å². The Morgan fingerprint density at radius 3 is 2.85 bits per heavy atom. The van der Waals surface area contributed by atoms with Crippen LogP contribution in [0.3, 0.4) is 0 Å². The van der Waals surface area contributed by atoms with Crippen LogP contribution in [0.25, 0.3) is 0 Å². The van der Waals surface area contributed by atoms with Gasteiger partial charge >= 0.3 is 7.12 Å². The molecule has 1 heterocycles. The number of ether oxygens (including phenoxy) is 1. The highest BCUT2D eigenvalue weighted by molar-refractivity contribution is 6.58. The van der Waals surface area contributed by atoms with Crippen molar-refractivity contribution in [2.24, 2.45) is 0 Å². The summed E-state index contributed by atoms with van der Waals surface area (Å²) in [6, 6.07) is 1.16. The first kappa shape index (κ1) is 9.95. The molecule has 2 N–H and O–H groups in total. The van der Waals surface area contributed by atoms with Crippen molar-refractivity contribution in [2.45, 2.75) is 6.92 Å². The monoisotopic (exact) mass is 185 g/mol. The summed E-state index contributed by atoms with van der Waals surface area (Å²) in [6.07, 6.45) is 0.889. The first-order valence-corrected chi connectivity index (χ1v) is 3.79. The Labute approximate surface area is 75.1 Å². The molecule has 4 nitrogen and oxygen atoms in total. The van der Waals surface area contributed by atoms with Crippen LogP contribution in [-0.4, -0.2) is 28.8 Å². The van der Waals surface area contributed by atoms with E-state index in [-0.39, 0.29) is 11.3 Å². The van der Waals surface area contributed by atoms with Crippen LogP contribution in [0.4, 0.5) is 4.39 Å². The van der Waals surface area contributed by atoms with E-state index in [1.54, 1.807) is 6.92 Å². The molecule has 0 fully saturated rings. The molecule has 1 aromatic heterocycles. The van der Waals surface area contributed by atoms with Gasteiger partial charge in [0.1, 0.15) is 5.82 Å². The fourth-order valence-electron chi connectivity index (χ4n) is 0.859. The average Bonchev–Trinajstić information content (AvgIpc) is 2.08. The smallest absolute Gasteiger partial charge is 0.478 e. The van der Waals surface area contributed by atoms with Crippen molar-refractivity contribution in [3.05, 3.63) is 18.1 Å². The van der Waals surface area contributed by atoms with E-state index in [1.807, 2.05) is 0 Å². The van der Waals surface area contributed by atoms with Gasteiger partial charge < -0.3 is 14.8 Å². The fraction of sp³-hybridized carbons (Fsp3) is 0.286. The van der Waals surface area contributed by atoms with Gasteiger partial charge in [-0.25, -0.2) is 9.37 Å². The standard InChI is InChI=1S/C7H9BFNO3/c1-2-13-7-3-5(8(11)12)6(9)4-10-7/h3-4,11-12H,2H2,1H3. The van der Waals surface area contributed by atoms with E-state index in [0.717, 1.165) is 12.3 Å². The lowest BCUT2D eigenvalue weighted by molar-refractivity contribution is 0.325. The van der Waals surface area contributed by atoms with Crippen LogP contribution in [-0.2, 0) is 0 Å². The normalized spacial score (nSPS) is 9.85. The van der Waals surface area contributed by atoms with Gasteiger partial charge in [-0.15, -0.1) is 0 Å². The van der Waals surface area contributed by atoms with E-state index in [2.05, 4.69) is 4.98 Å². The summed E-state index contributed by atoms with van der Waals surface area (Å²) >= 11 is 0. The van der Waals surface area contributed by atoms with Crippen LogP contribution >= 0.6 is 0 Å². The maximum Gasteiger partial charge on any atom is 0.491 e. The van der Waals surface area contributed by atoms with Gasteiger partial charge in [-0.05, 0) is 6.92 Å². The Kier molecular flexibility index (Phi) is 3.22. The largest absolute Gasteiger partial charge is 0.491 e. The van der Waals surface area contributed by atoms with Gasteiger partial charge in [-0.3, -0.25) is 0 Å². The summed E-state index contributed by atoms with van der Waals surface area (Å²) in [5.41, 5.74) is -0.238. The van der Waals surface area contributed by atoms with Crippen LogP contribution in [0.2, 0.25) is 0 Å². The molecule has 0 bridgehead atoms. The van der Waals surface area contributed by atoms with E-state index >= 15 is 0 Å². The minimum Gasteiger partial charge on any atom is -0.478 e. The second-order valence-corrected chi connectivity index (χ2v) is 2.35. The van der Waals surface area contributed by atoms with E-state index < -0.39 is 12.9 Å². The zero-order valence-corrected chi connectivity index (χ0v) is 7.07. The van der Waals surface area contributed by atoms with E-state index in [1.165, 1.54) is 0 Å². The molecule has 6 heteroatoms. The molecule has 0 aromatic carbocycles. The van der Waals surface area contributed by atoms with E-state index in [0.29, 0.717) is 6.61 Å². The maximum atomic E-state index is 12.8. The molecule has 13 heavy (non-hydrogen) atoms. The van der Waals surface area contributed by atoms with E-state index in [9.17, 15) is 4.39 Å². The third-order valence-electron chi connectivity index (χ3n) is 1.43. The maximum absolute atomic E-state index is 12.8. The van der Waals surface area contributed by atoms with Crippen molar-refractivity contribution < 1.29 is 19.2 Å². The van der Waals surface area contributed by atoms with Crippen LogP contribution < -0.4 is 10.2 Å². The Bertz CT molecular complexity index is 295. The van der Waals surface area contributed by atoms with Gasteiger partial charge in [-0.2, -0.15) is 0 Å². The third-order valence-corrected chi connectivity index (χ3v) is 1.43. The van der Waals surface area contributed by atoms with Crippen LogP contribution in [0, 0.1) is 5.82 Å². The molecule has 0 unspecified atom stereocenters. The number of rotatable bonds is 3. The third kappa shape index (κ3) is 2.40. The molecular formula is C7H9BFNO3. The lowest BCUT2D eigenvalue weighted by atomic mass is 9.80. The van der Waals surface area contributed by atoms with Gasteiger partial charge in [0.15, 0.2) is 0 Å². The second-order valence-electron chi connectivity index (χ2n) is 2.35. The zero-order valence-electron chi connectivity index (χ0n) is 7.07. The average molecular weight is 185 g/mol. The predicted molar refractivity (Wildman–Crippen MR) is 45.2 cm³/mol. The van der Waals surface area contributed by atoms with Crippen molar-refractivity contribution in [2.75, 3.05) is 6.61 Å². The molecule has 0 saturated heterocycles. The van der Waals surface area contributed by atoms with Crippen molar-refractivity contribution in [3.63, 3.8) is 0 Å². The summed E-state index contributed by atoms with van der Waals surface area (Å²) in [5, 5.41) is 17.5. The molecule has 70 valence electrons. The predicted octanol–water partition coefficient (Wildman–Crippen LogP) is -0.701. The molecule has 0 radical (unpaired) electrons. The van der Waals surface area contributed by atoms with Crippen LogP contribution in [0.1, 0.15) is 6.92 Å². The number of halogens is 1. The Morgan fingerprint density at radius 1 is 1.62 bits per heavy atom. The highest BCUT2D eigenvalue weighted by atomic mass is 19.1. The Balaban J connectivity index is 2.97. The van der Waals surface area contributed by atoms with Gasteiger partial charge in [0, 0.05) is 11.5 Å². The molecule has 0 aliphatic carbocycles. The quantitative estimate of drug-likeness (QED) is 0.611. The molecule has 1 aromatic rings. The van der Waals surface area contributed by atoms with E-state index in [4.69, 9.17) is 14.8 Å². The number of hydrogen-bond donors (Lipinski definition) is 2. The molecule has 0 aliphatic heterocycles. The van der Waals surface area contributed by atoms with Gasteiger partial charge in [-0.1, -0.05) is 0 Å². The summed E-state index contributed by atoms with van der Waals surface area (Å²) in [6.45, 7) is 2.14.